The van der Waals surface area contributed by atoms with Gasteiger partial charge in [-0.3, -0.25) is 4.90 Å². The minimum Gasteiger partial charge on any atom is -0.409 e. The lowest BCUT2D eigenvalue weighted by molar-refractivity contribution is 0.318. The largest absolute Gasteiger partial charge is 0.409 e. The van der Waals surface area contributed by atoms with Crippen LogP contribution < -0.4 is 5.73 Å². The number of hydrogen-bond acceptors (Lipinski definition) is 3. The number of nitrogens with two attached hydrogens (primary N) is 1. The quantitative estimate of drug-likeness (QED) is 0.371. The van der Waals surface area contributed by atoms with Gasteiger partial charge in [0.25, 0.3) is 0 Å². The number of nitrogens with zero attached hydrogens (tertiary/aromatic N) is 2. The van der Waals surface area contributed by atoms with Crippen molar-refractivity contribution in [1.29, 1.82) is 0 Å². The molecule has 1 heterocycles. The highest BCUT2D eigenvalue weighted by Crippen LogP contribution is 2.20. The van der Waals surface area contributed by atoms with Gasteiger partial charge in [-0.1, -0.05) is 24.2 Å². The normalized spacial score (nSPS) is 21.4. The highest BCUT2D eigenvalue weighted by molar-refractivity contribution is 5.97. The van der Waals surface area contributed by atoms with Crippen LogP contribution in [0.4, 0.5) is 0 Å². The number of likely N-dealkylation sites (tertiary alicyclic amines) is 1. The van der Waals surface area contributed by atoms with Crippen LogP contribution in [0, 0.1) is 12.8 Å². The third-order valence-electron chi connectivity index (χ3n) is 3.65. The van der Waals surface area contributed by atoms with Crippen molar-refractivity contribution >= 4 is 5.84 Å². The fourth-order valence-electron chi connectivity index (χ4n) is 2.50. The van der Waals surface area contributed by atoms with Crippen molar-refractivity contribution in [2.45, 2.75) is 26.8 Å². The van der Waals surface area contributed by atoms with Crippen molar-refractivity contribution in [2.75, 3.05) is 13.1 Å². The smallest absolute Gasteiger partial charge is 0.170 e. The fraction of sp³-hybridized carbons (Fsp3) is 0.500. The molecule has 1 unspecified atom stereocenters. The van der Waals surface area contributed by atoms with Gasteiger partial charge in [-0.25, -0.2) is 0 Å². The third kappa shape index (κ3) is 2.82. The number of benzene rings is 1. The molecule has 1 fully saturated rings. The lowest BCUT2D eigenvalue weighted by atomic mass is 10.0. The summed E-state index contributed by atoms with van der Waals surface area (Å²) in [5, 5.41) is 11.7. The number of hydrogen-bond donors (Lipinski definition) is 2. The first-order valence-electron chi connectivity index (χ1n) is 6.40. The van der Waals surface area contributed by atoms with Crippen LogP contribution in [0.25, 0.3) is 0 Å². The minimum atomic E-state index is 0.166. The molecule has 3 N–H and O–H groups in total. The minimum absolute atomic E-state index is 0.166. The summed E-state index contributed by atoms with van der Waals surface area (Å²) in [7, 11) is 0. The van der Waals surface area contributed by atoms with Crippen LogP contribution in [0.5, 0.6) is 0 Å². The van der Waals surface area contributed by atoms with E-state index in [-0.39, 0.29) is 5.84 Å². The molecule has 1 aromatic carbocycles. The molecule has 1 aliphatic heterocycles. The Morgan fingerprint density at radius 2 is 2.33 bits per heavy atom. The molecule has 0 aliphatic carbocycles. The Balaban J connectivity index is 2.10. The molecule has 0 spiro atoms. The number of amidine groups is 1. The van der Waals surface area contributed by atoms with Gasteiger partial charge in [0, 0.05) is 18.7 Å². The van der Waals surface area contributed by atoms with Crippen molar-refractivity contribution in [3.05, 3.63) is 34.9 Å². The first-order chi connectivity index (χ1) is 8.60. The zero-order valence-corrected chi connectivity index (χ0v) is 11.1. The fourth-order valence-corrected chi connectivity index (χ4v) is 2.50. The summed E-state index contributed by atoms with van der Waals surface area (Å²) in [6, 6.07) is 5.96. The van der Waals surface area contributed by atoms with Crippen LogP contribution in [-0.4, -0.2) is 29.0 Å². The van der Waals surface area contributed by atoms with Crippen LogP contribution in [0.2, 0.25) is 0 Å². The molecule has 18 heavy (non-hydrogen) atoms. The molecule has 0 aromatic heterocycles. The molecule has 4 nitrogen and oxygen atoms in total. The van der Waals surface area contributed by atoms with Gasteiger partial charge in [0.1, 0.15) is 0 Å². The molecule has 0 bridgehead atoms. The molecular weight excluding hydrogens is 226 g/mol. The number of rotatable bonds is 3. The zero-order valence-electron chi connectivity index (χ0n) is 11.1. The van der Waals surface area contributed by atoms with E-state index in [9.17, 15) is 0 Å². The molecule has 4 heteroatoms. The van der Waals surface area contributed by atoms with E-state index in [4.69, 9.17) is 10.9 Å². The average Bonchev–Trinajstić information content (AvgIpc) is 2.76. The molecular formula is C14H21N3O. The summed E-state index contributed by atoms with van der Waals surface area (Å²) in [6.45, 7) is 7.73. The number of oxime groups is 1. The monoisotopic (exact) mass is 247 g/mol. The van der Waals surface area contributed by atoms with Gasteiger partial charge in [0.2, 0.25) is 0 Å². The first kappa shape index (κ1) is 12.9. The maximum absolute atomic E-state index is 8.66. The zero-order chi connectivity index (χ0) is 13.1. The highest BCUT2D eigenvalue weighted by atomic mass is 16.4. The predicted molar refractivity (Wildman–Crippen MR) is 72.7 cm³/mol. The van der Waals surface area contributed by atoms with E-state index in [0.717, 1.165) is 18.0 Å². The second-order valence-corrected chi connectivity index (χ2v) is 5.26. The summed E-state index contributed by atoms with van der Waals surface area (Å²) >= 11 is 0. The van der Waals surface area contributed by atoms with Gasteiger partial charge >= 0.3 is 0 Å². The van der Waals surface area contributed by atoms with Gasteiger partial charge < -0.3 is 10.9 Å². The Bertz CT molecular complexity index is 456. The van der Waals surface area contributed by atoms with Gasteiger partial charge in [-0.2, -0.15) is 0 Å². The van der Waals surface area contributed by atoms with Crippen molar-refractivity contribution in [3.63, 3.8) is 0 Å². The molecule has 0 saturated carbocycles. The number of aryl methyl sites for hydroxylation is 1. The van der Waals surface area contributed by atoms with Crippen LogP contribution in [0.1, 0.15) is 30.0 Å². The van der Waals surface area contributed by atoms with Crippen molar-refractivity contribution in [2.24, 2.45) is 16.8 Å². The predicted octanol–water partition coefficient (Wildman–Crippen LogP) is 1.93. The Kier molecular flexibility index (Phi) is 3.87. The average molecular weight is 247 g/mol. The van der Waals surface area contributed by atoms with Crippen LogP contribution in [0.15, 0.2) is 23.4 Å². The molecule has 98 valence electrons. The van der Waals surface area contributed by atoms with Crippen molar-refractivity contribution in [3.8, 4) is 0 Å². The van der Waals surface area contributed by atoms with Gasteiger partial charge in [-0.05, 0) is 43.0 Å². The molecule has 0 radical (unpaired) electrons. The summed E-state index contributed by atoms with van der Waals surface area (Å²) in [6.07, 6.45) is 1.29. The second-order valence-electron chi connectivity index (χ2n) is 5.26. The maximum atomic E-state index is 8.66. The maximum Gasteiger partial charge on any atom is 0.170 e. The topological polar surface area (TPSA) is 61.9 Å². The first-order valence-corrected chi connectivity index (χ1v) is 6.40. The summed E-state index contributed by atoms with van der Waals surface area (Å²) < 4.78 is 0. The van der Waals surface area contributed by atoms with E-state index >= 15 is 0 Å². The molecule has 1 atom stereocenters. The van der Waals surface area contributed by atoms with Gasteiger partial charge in [0.05, 0.1) is 0 Å². The lowest BCUT2D eigenvalue weighted by Gasteiger charge is -2.17. The van der Waals surface area contributed by atoms with Gasteiger partial charge in [0.15, 0.2) is 5.84 Å². The van der Waals surface area contributed by atoms with E-state index in [1.54, 1.807) is 0 Å². The Hall–Kier alpha value is -1.55. The van der Waals surface area contributed by atoms with Crippen molar-refractivity contribution < 1.29 is 5.21 Å². The summed E-state index contributed by atoms with van der Waals surface area (Å²) in [5.41, 5.74) is 8.87. The van der Waals surface area contributed by atoms with Crippen LogP contribution in [-0.2, 0) is 6.54 Å². The molecule has 1 aromatic rings. The lowest BCUT2D eigenvalue weighted by Crippen LogP contribution is -2.20. The molecule has 1 aliphatic rings. The second kappa shape index (κ2) is 5.40. The van der Waals surface area contributed by atoms with Crippen molar-refractivity contribution in [1.82, 2.24) is 4.90 Å². The summed E-state index contributed by atoms with van der Waals surface area (Å²) in [5.74, 6) is 0.973. The van der Waals surface area contributed by atoms with Crippen LogP contribution in [0.3, 0.4) is 0 Å². The molecule has 2 rings (SSSR count). The standard InChI is InChI=1S/C14H21N3O/c1-10-5-6-17(8-10)9-13-4-3-12(7-11(13)2)14(15)16-18/h3-4,7,10,18H,5-6,8-9H2,1-2H3,(H2,15,16). The van der Waals surface area contributed by atoms with E-state index in [0.29, 0.717) is 0 Å². The van der Waals surface area contributed by atoms with E-state index in [1.807, 2.05) is 12.1 Å². The van der Waals surface area contributed by atoms with E-state index in [1.165, 1.54) is 30.6 Å². The SMILES string of the molecule is Cc1cc(/C(N)=N/O)ccc1CN1CCC(C)C1. The van der Waals surface area contributed by atoms with E-state index < -0.39 is 0 Å². The summed E-state index contributed by atoms with van der Waals surface area (Å²) in [4.78, 5) is 2.48. The molecule has 1 saturated heterocycles. The Labute approximate surface area is 108 Å². The highest BCUT2D eigenvalue weighted by Gasteiger charge is 2.19. The van der Waals surface area contributed by atoms with Gasteiger partial charge in [-0.15, -0.1) is 0 Å². The Morgan fingerprint density at radius 3 is 2.89 bits per heavy atom. The molecule has 0 amide bonds. The third-order valence-corrected chi connectivity index (χ3v) is 3.65. The Morgan fingerprint density at radius 1 is 1.56 bits per heavy atom. The van der Waals surface area contributed by atoms with E-state index in [2.05, 4.69) is 30.0 Å². The van der Waals surface area contributed by atoms with Crippen LogP contribution >= 0.6 is 0 Å².